The van der Waals surface area contributed by atoms with Crippen LogP contribution in [0.25, 0.3) is 0 Å². The third kappa shape index (κ3) is 4.64. The van der Waals surface area contributed by atoms with Gasteiger partial charge in [0.25, 0.3) is 0 Å². The molecule has 1 N–H and O–H groups in total. The van der Waals surface area contributed by atoms with Crippen molar-refractivity contribution in [2.24, 2.45) is 11.8 Å². The average molecular weight is 285 g/mol. The molecule has 0 amide bonds. The molecule has 2 rings (SSSR count). The number of thioether (sulfide) groups is 1. The second-order valence-corrected chi connectivity index (χ2v) is 7.64. The average Bonchev–Trinajstić information content (AvgIpc) is 2.44. The van der Waals surface area contributed by atoms with Crippen molar-refractivity contribution >= 4 is 11.8 Å². The molecule has 2 aliphatic rings. The van der Waals surface area contributed by atoms with Gasteiger partial charge in [0.1, 0.15) is 0 Å². The van der Waals surface area contributed by atoms with Crippen molar-refractivity contribution in [3.8, 4) is 0 Å². The van der Waals surface area contributed by atoms with Crippen LogP contribution in [0.5, 0.6) is 0 Å². The van der Waals surface area contributed by atoms with Crippen molar-refractivity contribution < 1.29 is 4.74 Å². The summed E-state index contributed by atoms with van der Waals surface area (Å²) in [5, 5.41) is 3.54. The SMILES string of the molecule is CCCNCCC(C)C1CCOC2(CCSCC2)C1. The first-order valence-corrected chi connectivity index (χ1v) is 9.34. The predicted octanol–water partition coefficient (Wildman–Crippen LogP) is 3.70. The largest absolute Gasteiger partial charge is 0.375 e. The van der Waals surface area contributed by atoms with E-state index in [-0.39, 0.29) is 5.60 Å². The van der Waals surface area contributed by atoms with Crippen LogP contribution < -0.4 is 5.32 Å². The maximum absolute atomic E-state index is 6.20. The van der Waals surface area contributed by atoms with E-state index >= 15 is 0 Å². The van der Waals surface area contributed by atoms with Gasteiger partial charge in [-0.15, -0.1) is 0 Å². The summed E-state index contributed by atoms with van der Waals surface area (Å²) in [6, 6.07) is 0. The Morgan fingerprint density at radius 2 is 2.11 bits per heavy atom. The smallest absolute Gasteiger partial charge is 0.0701 e. The fourth-order valence-electron chi connectivity index (χ4n) is 3.51. The predicted molar refractivity (Wildman–Crippen MR) is 84.9 cm³/mol. The number of nitrogens with one attached hydrogen (secondary N) is 1. The molecule has 1 spiro atoms. The third-order valence-corrected chi connectivity index (χ3v) is 5.93. The van der Waals surface area contributed by atoms with Crippen molar-refractivity contribution in [1.29, 1.82) is 0 Å². The van der Waals surface area contributed by atoms with Crippen LogP contribution in [0.2, 0.25) is 0 Å². The van der Waals surface area contributed by atoms with E-state index in [1.54, 1.807) is 0 Å². The van der Waals surface area contributed by atoms with E-state index in [0.29, 0.717) is 0 Å². The minimum atomic E-state index is 0.263. The first-order chi connectivity index (χ1) is 9.26. The van der Waals surface area contributed by atoms with Gasteiger partial charge in [0.15, 0.2) is 0 Å². The highest BCUT2D eigenvalue weighted by atomic mass is 32.2. The molecule has 0 aromatic carbocycles. The normalized spacial score (nSPS) is 28.4. The fourth-order valence-corrected chi connectivity index (χ4v) is 4.75. The van der Waals surface area contributed by atoms with Crippen LogP contribution in [-0.4, -0.2) is 36.8 Å². The van der Waals surface area contributed by atoms with E-state index in [4.69, 9.17) is 4.74 Å². The second-order valence-electron chi connectivity index (χ2n) is 6.41. The molecule has 2 nitrogen and oxygen atoms in total. The summed E-state index contributed by atoms with van der Waals surface area (Å²) >= 11 is 2.10. The molecule has 19 heavy (non-hydrogen) atoms. The zero-order chi connectivity index (χ0) is 13.6. The molecule has 2 heterocycles. The minimum Gasteiger partial charge on any atom is -0.375 e. The molecule has 0 saturated carbocycles. The molecule has 3 heteroatoms. The lowest BCUT2D eigenvalue weighted by atomic mass is 9.75. The molecule has 2 fully saturated rings. The molecule has 0 bridgehead atoms. The lowest BCUT2D eigenvalue weighted by molar-refractivity contribution is -0.110. The Kier molecular flexibility index (Phi) is 6.51. The highest BCUT2D eigenvalue weighted by molar-refractivity contribution is 7.99. The van der Waals surface area contributed by atoms with Gasteiger partial charge in [0.2, 0.25) is 0 Å². The van der Waals surface area contributed by atoms with Crippen molar-refractivity contribution in [2.75, 3.05) is 31.2 Å². The molecule has 2 aliphatic heterocycles. The molecule has 0 aliphatic carbocycles. The van der Waals surface area contributed by atoms with E-state index in [1.165, 1.54) is 63.1 Å². The molecule has 0 radical (unpaired) electrons. The van der Waals surface area contributed by atoms with E-state index in [2.05, 4.69) is 30.9 Å². The quantitative estimate of drug-likeness (QED) is 0.752. The highest BCUT2D eigenvalue weighted by Crippen LogP contribution is 2.42. The Morgan fingerprint density at radius 1 is 1.32 bits per heavy atom. The van der Waals surface area contributed by atoms with Gasteiger partial charge in [-0.05, 0) is 75.0 Å². The third-order valence-electron chi connectivity index (χ3n) is 4.94. The van der Waals surface area contributed by atoms with Crippen LogP contribution in [0.15, 0.2) is 0 Å². The van der Waals surface area contributed by atoms with Gasteiger partial charge in [-0.25, -0.2) is 0 Å². The van der Waals surface area contributed by atoms with Crippen LogP contribution in [0.1, 0.15) is 52.4 Å². The van der Waals surface area contributed by atoms with Crippen LogP contribution in [0.3, 0.4) is 0 Å². The first kappa shape index (κ1) is 15.7. The van der Waals surface area contributed by atoms with Crippen LogP contribution in [0, 0.1) is 11.8 Å². The monoisotopic (exact) mass is 285 g/mol. The van der Waals surface area contributed by atoms with Gasteiger partial charge in [-0.2, -0.15) is 11.8 Å². The van der Waals surface area contributed by atoms with Gasteiger partial charge >= 0.3 is 0 Å². The standard InChI is InChI=1S/C16H31NOS/c1-3-8-17-9-4-14(2)15-5-10-18-16(13-15)6-11-19-12-7-16/h14-15,17H,3-13H2,1-2H3. The second kappa shape index (κ2) is 7.90. The van der Waals surface area contributed by atoms with E-state index in [1.807, 2.05) is 0 Å². The topological polar surface area (TPSA) is 21.3 Å². The van der Waals surface area contributed by atoms with Gasteiger partial charge in [-0.1, -0.05) is 13.8 Å². The number of rotatable bonds is 6. The van der Waals surface area contributed by atoms with E-state index in [0.717, 1.165) is 18.4 Å². The lowest BCUT2D eigenvalue weighted by Crippen LogP contribution is -2.44. The summed E-state index contributed by atoms with van der Waals surface area (Å²) in [7, 11) is 0. The molecule has 2 atom stereocenters. The van der Waals surface area contributed by atoms with Gasteiger partial charge in [-0.3, -0.25) is 0 Å². The molecular weight excluding hydrogens is 254 g/mol. The Morgan fingerprint density at radius 3 is 2.84 bits per heavy atom. The Balaban J connectivity index is 1.76. The van der Waals surface area contributed by atoms with Gasteiger partial charge in [0, 0.05) is 6.61 Å². The van der Waals surface area contributed by atoms with Crippen molar-refractivity contribution in [3.05, 3.63) is 0 Å². The van der Waals surface area contributed by atoms with Crippen LogP contribution in [0.4, 0.5) is 0 Å². The number of ether oxygens (including phenoxy) is 1. The molecular formula is C16H31NOS. The van der Waals surface area contributed by atoms with Crippen molar-refractivity contribution in [3.63, 3.8) is 0 Å². The molecule has 0 aromatic heterocycles. The number of hydrogen-bond acceptors (Lipinski definition) is 3. The highest BCUT2D eigenvalue weighted by Gasteiger charge is 2.39. The maximum atomic E-state index is 6.20. The summed E-state index contributed by atoms with van der Waals surface area (Å²) in [5.41, 5.74) is 0.263. The zero-order valence-corrected chi connectivity index (χ0v) is 13.6. The summed E-state index contributed by atoms with van der Waals surface area (Å²) in [6.45, 7) is 8.05. The van der Waals surface area contributed by atoms with Crippen molar-refractivity contribution in [2.45, 2.75) is 58.0 Å². The molecule has 2 unspecified atom stereocenters. The lowest BCUT2D eigenvalue weighted by Gasteiger charge is -2.45. The summed E-state index contributed by atoms with van der Waals surface area (Å²) in [4.78, 5) is 0. The van der Waals surface area contributed by atoms with Gasteiger partial charge in [0.05, 0.1) is 5.60 Å². The Hall–Kier alpha value is 0.270. The summed E-state index contributed by atoms with van der Waals surface area (Å²) in [6.07, 6.45) is 7.75. The van der Waals surface area contributed by atoms with Crippen LogP contribution >= 0.6 is 11.8 Å². The van der Waals surface area contributed by atoms with E-state index in [9.17, 15) is 0 Å². The van der Waals surface area contributed by atoms with Crippen LogP contribution in [-0.2, 0) is 4.74 Å². The molecule has 2 saturated heterocycles. The van der Waals surface area contributed by atoms with Crippen molar-refractivity contribution in [1.82, 2.24) is 5.32 Å². The molecule has 0 aromatic rings. The Labute approximate surface area is 123 Å². The van der Waals surface area contributed by atoms with Gasteiger partial charge < -0.3 is 10.1 Å². The Bertz CT molecular complexity index is 248. The first-order valence-electron chi connectivity index (χ1n) is 8.18. The molecule has 112 valence electrons. The maximum Gasteiger partial charge on any atom is 0.0701 e. The summed E-state index contributed by atoms with van der Waals surface area (Å²) in [5.74, 6) is 4.35. The number of hydrogen-bond donors (Lipinski definition) is 1. The van der Waals surface area contributed by atoms with E-state index < -0.39 is 0 Å². The minimum absolute atomic E-state index is 0.263. The zero-order valence-electron chi connectivity index (χ0n) is 12.7. The summed E-state index contributed by atoms with van der Waals surface area (Å²) < 4.78 is 6.20. The fraction of sp³-hybridized carbons (Fsp3) is 1.00.